The van der Waals surface area contributed by atoms with Gasteiger partial charge in [-0.1, -0.05) is 0 Å². The van der Waals surface area contributed by atoms with Crippen LogP contribution in [0, 0.1) is 11.3 Å². The van der Waals surface area contributed by atoms with Gasteiger partial charge in [-0.05, 0) is 33.4 Å². The van der Waals surface area contributed by atoms with Crippen LogP contribution in [0.2, 0.25) is 0 Å². The minimum Gasteiger partial charge on any atom is -0.396 e. The molecule has 11 heavy (non-hydrogen) atoms. The summed E-state index contributed by atoms with van der Waals surface area (Å²) in [5, 5.41) is 17.0. The number of aliphatic hydroxyl groups is 1. The molecular formula is C8H16N2O. The maximum atomic E-state index is 8.52. The Labute approximate surface area is 68.2 Å². The van der Waals surface area contributed by atoms with E-state index in [9.17, 15) is 0 Å². The average molecular weight is 156 g/mol. The smallest absolute Gasteiger partial charge is 0.0946 e. The first-order valence-corrected chi connectivity index (χ1v) is 3.93. The van der Waals surface area contributed by atoms with Crippen LogP contribution in [0.5, 0.6) is 0 Å². The number of nitrogens with zero attached hydrogens (tertiary/aromatic N) is 2. The lowest BCUT2D eigenvalue weighted by Crippen LogP contribution is -2.28. The van der Waals surface area contributed by atoms with Crippen molar-refractivity contribution in [2.24, 2.45) is 0 Å². The Kier molecular flexibility index (Phi) is 5.81. The van der Waals surface area contributed by atoms with Gasteiger partial charge in [-0.15, -0.1) is 0 Å². The van der Waals surface area contributed by atoms with Gasteiger partial charge in [0.05, 0.1) is 12.1 Å². The lowest BCUT2D eigenvalue weighted by molar-refractivity contribution is 0.254. The second-order valence-corrected chi connectivity index (χ2v) is 2.72. The molecule has 0 aliphatic carbocycles. The predicted molar refractivity (Wildman–Crippen MR) is 44.0 cm³/mol. The predicted octanol–water partition coefficient (Wildman–Crippen LogP) is 0.603. The summed E-state index contributed by atoms with van der Waals surface area (Å²) in [6.45, 7) is 3.00. The average Bonchev–Trinajstić information content (AvgIpc) is 2.03. The van der Waals surface area contributed by atoms with Crippen molar-refractivity contribution in [2.75, 3.05) is 20.2 Å². The van der Waals surface area contributed by atoms with Crippen molar-refractivity contribution in [3.05, 3.63) is 0 Å². The molecule has 0 saturated heterocycles. The summed E-state index contributed by atoms with van der Waals surface area (Å²) < 4.78 is 0. The highest BCUT2D eigenvalue weighted by Crippen LogP contribution is 1.96. The second-order valence-electron chi connectivity index (χ2n) is 2.72. The summed E-state index contributed by atoms with van der Waals surface area (Å²) in [7, 11) is 1.92. The zero-order chi connectivity index (χ0) is 8.69. The SMILES string of the molecule is CC(C#N)N(C)CCCCO. The van der Waals surface area contributed by atoms with Crippen LogP contribution < -0.4 is 0 Å². The third-order valence-electron chi connectivity index (χ3n) is 1.77. The molecule has 3 nitrogen and oxygen atoms in total. The van der Waals surface area contributed by atoms with Gasteiger partial charge < -0.3 is 5.11 Å². The van der Waals surface area contributed by atoms with E-state index >= 15 is 0 Å². The van der Waals surface area contributed by atoms with Crippen molar-refractivity contribution in [3.63, 3.8) is 0 Å². The zero-order valence-electron chi connectivity index (χ0n) is 7.25. The molecule has 3 heteroatoms. The van der Waals surface area contributed by atoms with E-state index in [0.717, 1.165) is 19.4 Å². The van der Waals surface area contributed by atoms with Crippen LogP contribution in [0.15, 0.2) is 0 Å². The van der Waals surface area contributed by atoms with Crippen LogP contribution in [0.1, 0.15) is 19.8 Å². The van der Waals surface area contributed by atoms with Crippen LogP contribution in [0.4, 0.5) is 0 Å². The van der Waals surface area contributed by atoms with E-state index in [1.807, 2.05) is 18.9 Å². The molecule has 0 aromatic rings. The van der Waals surface area contributed by atoms with Gasteiger partial charge in [0.1, 0.15) is 0 Å². The van der Waals surface area contributed by atoms with Crippen LogP contribution in [0.25, 0.3) is 0 Å². The van der Waals surface area contributed by atoms with Crippen molar-refractivity contribution in [2.45, 2.75) is 25.8 Å². The summed E-state index contributed by atoms with van der Waals surface area (Å²) in [5.74, 6) is 0. The van der Waals surface area contributed by atoms with Gasteiger partial charge in [0.25, 0.3) is 0 Å². The molecule has 0 rings (SSSR count). The van der Waals surface area contributed by atoms with Gasteiger partial charge in [0.15, 0.2) is 0 Å². The second kappa shape index (κ2) is 6.14. The van der Waals surface area contributed by atoms with E-state index in [1.54, 1.807) is 0 Å². The monoisotopic (exact) mass is 156 g/mol. The van der Waals surface area contributed by atoms with E-state index < -0.39 is 0 Å². The first kappa shape index (κ1) is 10.4. The normalized spacial score (nSPS) is 13.0. The van der Waals surface area contributed by atoms with E-state index in [2.05, 4.69) is 6.07 Å². The van der Waals surface area contributed by atoms with Crippen molar-refractivity contribution < 1.29 is 5.11 Å². The highest BCUT2D eigenvalue weighted by atomic mass is 16.2. The molecule has 0 aromatic heterocycles. The molecule has 1 N–H and O–H groups in total. The number of rotatable bonds is 5. The molecule has 0 aromatic carbocycles. The number of hydrogen-bond acceptors (Lipinski definition) is 3. The molecule has 1 unspecified atom stereocenters. The highest BCUT2D eigenvalue weighted by molar-refractivity contribution is 4.86. The Balaban J connectivity index is 3.37. The number of aliphatic hydroxyl groups excluding tert-OH is 1. The van der Waals surface area contributed by atoms with E-state index in [0.29, 0.717) is 0 Å². The third-order valence-corrected chi connectivity index (χ3v) is 1.77. The Morgan fingerprint density at radius 2 is 2.18 bits per heavy atom. The Hall–Kier alpha value is -0.590. The molecule has 0 radical (unpaired) electrons. The Morgan fingerprint density at radius 1 is 1.55 bits per heavy atom. The Morgan fingerprint density at radius 3 is 2.64 bits per heavy atom. The molecule has 0 aliphatic heterocycles. The van der Waals surface area contributed by atoms with Gasteiger partial charge in [-0.2, -0.15) is 5.26 Å². The fraction of sp³-hybridized carbons (Fsp3) is 0.875. The molecule has 0 amide bonds. The zero-order valence-corrected chi connectivity index (χ0v) is 7.25. The van der Waals surface area contributed by atoms with Crippen molar-refractivity contribution in [3.8, 4) is 6.07 Å². The van der Waals surface area contributed by atoms with Gasteiger partial charge in [-0.3, -0.25) is 4.90 Å². The number of nitriles is 1. The van der Waals surface area contributed by atoms with Crippen LogP contribution in [0.3, 0.4) is 0 Å². The molecule has 0 bridgehead atoms. The quantitative estimate of drug-likeness (QED) is 0.593. The minimum atomic E-state index is -0.0197. The topological polar surface area (TPSA) is 47.3 Å². The van der Waals surface area contributed by atoms with Crippen LogP contribution >= 0.6 is 0 Å². The standard InChI is InChI=1S/C8H16N2O/c1-8(7-9)10(2)5-3-4-6-11/h8,11H,3-6H2,1-2H3. The molecule has 0 aliphatic rings. The maximum Gasteiger partial charge on any atom is 0.0946 e. The van der Waals surface area contributed by atoms with Crippen molar-refractivity contribution >= 4 is 0 Å². The first-order valence-electron chi connectivity index (χ1n) is 3.93. The van der Waals surface area contributed by atoms with Gasteiger partial charge >= 0.3 is 0 Å². The van der Waals surface area contributed by atoms with Gasteiger partial charge in [0, 0.05) is 6.61 Å². The van der Waals surface area contributed by atoms with E-state index in [1.165, 1.54) is 0 Å². The number of hydrogen-bond donors (Lipinski definition) is 1. The lowest BCUT2D eigenvalue weighted by atomic mass is 10.2. The summed E-state index contributed by atoms with van der Waals surface area (Å²) in [4.78, 5) is 1.98. The van der Waals surface area contributed by atoms with E-state index in [4.69, 9.17) is 10.4 Å². The minimum absolute atomic E-state index is 0.0197. The highest BCUT2D eigenvalue weighted by Gasteiger charge is 2.05. The van der Waals surface area contributed by atoms with Crippen LogP contribution in [-0.2, 0) is 0 Å². The third kappa shape index (κ3) is 4.77. The summed E-state index contributed by atoms with van der Waals surface area (Å²) in [5.41, 5.74) is 0. The summed E-state index contributed by atoms with van der Waals surface area (Å²) >= 11 is 0. The molecule has 64 valence electrons. The van der Waals surface area contributed by atoms with Crippen LogP contribution in [-0.4, -0.2) is 36.2 Å². The molecule has 1 atom stereocenters. The largest absolute Gasteiger partial charge is 0.396 e. The first-order chi connectivity index (χ1) is 5.22. The maximum absolute atomic E-state index is 8.52. The van der Waals surface area contributed by atoms with E-state index in [-0.39, 0.29) is 12.6 Å². The molecule has 0 fully saturated rings. The number of unbranched alkanes of at least 4 members (excludes halogenated alkanes) is 1. The summed E-state index contributed by atoms with van der Waals surface area (Å²) in [6.07, 6.45) is 1.78. The van der Waals surface area contributed by atoms with Gasteiger partial charge in [-0.25, -0.2) is 0 Å². The molecule has 0 saturated carbocycles. The van der Waals surface area contributed by atoms with Crippen molar-refractivity contribution in [1.82, 2.24) is 4.90 Å². The lowest BCUT2D eigenvalue weighted by Gasteiger charge is -2.17. The fourth-order valence-electron chi connectivity index (χ4n) is 0.765. The molecular weight excluding hydrogens is 140 g/mol. The van der Waals surface area contributed by atoms with Crippen molar-refractivity contribution in [1.29, 1.82) is 5.26 Å². The Bertz CT molecular complexity index is 131. The summed E-state index contributed by atoms with van der Waals surface area (Å²) in [6, 6.07) is 2.14. The molecule has 0 spiro atoms. The fourth-order valence-corrected chi connectivity index (χ4v) is 0.765. The molecule has 0 heterocycles. The van der Waals surface area contributed by atoms with Gasteiger partial charge in [0.2, 0.25) is 0 Å².